The third-order valence-corrected chi connectivity index (χ3v) is 5.27. The third kappa shape index (κ3) is 4.17. The summed E-state index contributed by atoms with van der Waals surface area (Å²) in [5.74, 6) is 0.141. The van der Waals surface area contributed by atoms with Crippen molar-refractivity contribution >= 4 is 41.5 Å². The van der Waals surface area contributed by atoms with Gasteiger partial charge in [0.15, 0.2) is 0 Å². The van der Waals surface area contributed by atoms with Gasteiger partial charge in [-0.1, -0.05) is 23.2 Å². The van der Waals surface area contributed by atoms with Gasteiger partial charge in [-0.15, -0.1) is 12.4 Å². The normalized spacial score (nSPS) is 17.1. The second-order valence-corrected chi connectivity index (χ2v) is 7.32. The average Bonchev–Trinajstić information content (AvgIpc) is 2.83. The van der Waals surface area contributed by atoms with Crippen LogP contribution < -0.4 is 5.32 Å². The van der Waals surface area contributed by atoms with Crippen molar-refractivity contribution in [1.82, 2.24) is 20.0 Å². The fraction of sp³-hybridized carbons (Fsp3) is 0.444. The van der Waals surface area contributed by atoms with E-state index in [1.165, 1.54) is 0 Å². The predicted molar refractivity (Wildman–Crippen MR) is 108 cm³/mol. The largest absolute Gasteiger partial charge is 0.337 e. The van der Waals surface area contributed by atoms with Crippen LogP contribution in [0.1, 0.15) is 23.9 Å². The van der Waals surface area contributed by atoms with E-state index in [1.54, 1.807) is 16.8 Å². The number of nitrogens with zero attached hydrogens (tertiary/aromatic N) is 3. The summed E-state index contributed by atoms with van der Waals surface area (Å²) in [6.45, 7) is 8.39. The molecule has 1 aromatic heterocycles. The number of hydrogen-bond acceptors (Lipinski definition) is 3. The Kier molecular flexibility index (Phi) is 6.97. The quantitative estimate of drug-likeness (QED) is 0.830. The molecule has 0 radical (unpaired) electrons. The first kappa shape index (κ1) is 21.0. The summed E-state index contributed by atoms with van der Waals surface area (Å²) in [5.41, 5.74) is 3.50. The minimum absolute atomic E-state index is 0. The standard InChI is InChI=1S/C18H22Cl2N4O.ClH/c1-11-10-21-6-7-23(11)18(25)9-15-12(2)22-24(13(15)3)17-5-4-14(19)8-16(17)20;/h4-5,8,11,21H,6-7,9-10H2,1-3H3;1H/t11-;/m1./s1. The van der Waals surface area contributed by atoms with E-state index in [1.807, 2.05) is 24.8 Å². The van der Waals surface area contributed by atoms with Crippen LogP contribution in [0.25, 0.3) is 5.69 Å². The topological polar surface area (TPSA) is 50.2 Å². The van der Waals surface area contributed by atoms with E-state index >= 15 is 0 Å². The molecule has 0 unspecified atom stereocenters. The lowest BCUT2D eigenvalue weighted by Crippen LogP contribution is -2.52. The van der Waals surface area contributed by atoms with E-state index in [0.717, 1.165) is 42.3 Å². The van der Waals surface area contributed by atoms with Gasteiger partial charge in [-0.25, -0.2) is 4.68 Å². The van der Waals surface area contributed by atoms with E-state index in [9.17, 15) is 4.79 Å². The Balaban J connectivity index is 0.00000243. The smallest absolute Gasteiger partial charge is 0.227 e. The molecule has 1 aromatic carbocycles. The molecule has 142 valence electrons. The summed E-state index contributed by atoms with van der Waals surface area (Å²) in [5, 5.41) is 9.02. The minimum Gasteiger partial charge on any atom is -0.337 e. The van der Waals surface area contributed by atoms with Gasteiger partial charge in [0, 0.05) is 42.0 Å². The molecule has 0 saturated carbocycles. The van der Waals surface area contributed by atoms with Crippen LogP contribution in [0.3, 0.4) is 0 Å². The number of carbonyl (C=O) groups is 1. The fourth-order valence-electron chi connectivity index (χ4n) is 3.28. The van der Waals surface area contributed by atoms with Crippen LogP contribution in [0, 0.1) is 13.8 Å². The van der Waals surface area contributed by atoms with Crippen LogP contribution in [0.5, 0.6) is 0 Å². The predicted octanol–water partition coefficient (Wildman–Crippen LogP) is 3.58. The van der Waals surface area contributed by atoms with E-state index < -0.39 is 0 Å². The molecule has 2 heterocycles. The van der Waals surface area contributed by atoms with Crippen LogP contribution in [0.2, 0.25) is 10.0 Å². The Morgan fingerprint density at radius 1 is 1.35 bits per heavy atom. The van der Waals surface area contributed by atoms with Crippen LogP contribution in [-0.2, 0) is 11.2 Å². The number of aryl methyl sites for hydroxylation is 1. The lowest BCUT2D eigenvalue weighted by atomic mass is 10.1. The summed E-state index contributed by atoms with van der Waals surface area (Å²) in [6, 6.07) is 5.53. The number of aromatic nitrogens is 2. The SMILES string of the molecule is Cc1nn(-c2ccc(Cl)cc2Cl)c(C)c1CC(=O)N1CCNC[C@H]1C.Cl. The molecule has 0 bridgehead atoms. The van der Waals surface area contributed by atoms with Crippen molar-refractivity contribution in [2.24, 2.45) is 0 Å². The maximum atomic E-state index is 12.8. The molecule has 26 heavy (non-hydrogen) atoms. The molecule has 1 amide bonds. The molecule has 1 aliphatic rings. The van der Waals surface area contributed by atoms with Crippen LogP contribution >= 0.6 is 35.6 Å². The van der Waals surface area contributed by atoms with Crippen LogP contribution in [0.15, 0.2) is 18.2 Å². The number of piperazine rings is 1. The number of rotatable bonds is 3. The summed E-state index contributed by atoms with van der Waals surface area (Å²) in [7, 11) is 0. The number of benzene rings is 1. The highest BCUT2D eigenvalue weighted by molar-refractivity contribution is 6.35. The van der Waals surface area contributed by atoms with Gasteiger partial charge in [0.25, 0.3) is 0 Å². The second kappa shape index (κ2) is 8.61. The summed E-state index contributed by atoms with van der Waals surface area (Å²) in [4.78, 5) is 14.7. The van der Waals surface area contributed by atoms with Gasteiger partial charge in [-0.2, -0.15) is 5.10 Å². The van der Waals surface area contributed by atoms with E-state index in [-0.39, 0.29) is 24.4 Å². The van der Waals surface area contributed by atoms with Gasteiger partial charge in [0.1, 0.15) is 0 Å². The molecule has 1 saturated heterocycles. The molecule has 3 rings (SSSR count). The van der Waals surface area contributed by atoms with E-state index in [4.69, 9.17) is 23.2 Å². The third-order valence-electron chi connectivity index (χ3n) is 4.73. The van der Waals surface area contributed by atoms with Crippen LogP contribution in [0.4, 0.5) is 0 Å². The van der Waals surface area contributed by atoms with Crippen molar-refractivity contribution in [1.29, 1.82) is 0 Å². The fourth-order valence-corrected chi connectivity index (χ4v) is 3.77. The Morgan fingerprint density at radius 3 is 2.73 bits per heavy atom. The van der Waals surface area contributed by atoms with Crippen LogP contribution in [-0.4, -0.2) is 46.3 Å². The maximum Gasteiger partial charge on any atom is 0.227 e. The van der Waals surface area contributed by atoms with Gasteiger partial charge in [-0.3, -0.25) is 4.79 Å². The van der Waals surface area contributed by atoms with Gasteiger partial charge in [0.2, 0.25) is 5.91 Å². The van der Waals surface area contributed by atoms with Crippen molar-refractivity contribution in [2.45, 2.75) is 33.2 Å². The first-order valence-corrected chi connectivity index (χ1v) is 9.14. The molecular weight excluding hydrogens is 395 g/mol. The van der Waals surface area contributed by atoms with Crippen molar-refractivity contribution in [3.05, 3.63) is 45.2 Å². The Hall–Kier alpha value is -1.27. The van der Waals surface area contributed by atoms with Gasteiger partial charge < -0.3 is 10.2 Å². The molecule has 1 atom stereocenters. The summed E-state index contributed by atoms with van der Waals surface area (Å²) >= 11 is 12.3. The number of nitrogens with one attached hydrogen (secondary N) is 1. The molecule has 0 aliphatic carbocycles. The minimum atomic E-state index is 0. The number of amides is 1. The Labute approximate surface area is 170 Å². The highest BCUT2D eigenvalue weighted by Gasteiger charge is 2.25. The van der Waals surface area contributed by atoms with Gasteiger partial charge in [0.05, 0.1) is 22.8 Å². The summed E-state index contributed by atoms with van der Waals surface area (Å²) < 4.78 is 1.79. The average molecular weight is 418 g/mol. The van der Waals surface area contributed by atoms with Crippen molar-refractivity contribution in [3.63, 3.8) is 0 Å². The molecule has 8 heteroatoms. The summed E-state index contributed by atoms with van der Waals surface area (Å²) in [6.07, 6.45) is 0.354. The van der Waals surface area contributed by atoms with Crippen molar-refractivity contribution in [3.8, 4) is 5.69 Å². The lowest BCUT2D eigenvalue weighted by molar-refractivity contribution is -0.133. The van der Waals surface area contributed by atoms with Gasteiger partial charge in [-0.05, 0) is 39.0 Å². The highest BCUT2D eigenvalue weighted by Crippen LogP contribution is 2.27. The zero-order chi connectivity index (χ0) is 18.1. The molecular formula is C18H23Cl3N4O. The molecule has 1 aliphatic heterocycles. The Morgan fingerprint density at radius 2 is 2.08 bits per heavy atom. The number of hydrogen-bond donors (Lipinski definition) is 1. The highest BCUT2D eigenvalue weighted by atomic mass is 35.5. The van der Waals surface area contributed by atoms with E-state index in [2.05, 4.69) is 17.3 Å². The van der Waals surface area contributed by atoms with Crippen molar-refractivity contribution in [2.75, 3.05) is 19.6 Å². The number of halogens is 3. The first-order chi connectivity index (χ1) is 11.9. The molecule has 1 fully saturated rings. The molecule has 5 nitrogen and oxygen atoms in total. The molecule has 1 N–H and O–H groups in total. The second-order valence-electron chi connectivity index (χ2n) is 6.47. The first-order valence-electron chi connectivity index (χ1n) is 8.39. The molecule has 0 spiro atoms. The Bertz CT molecular complexity index is 806. The zero-order valence-electron chi connectivity index (χ0n) is 15.1. The number of carbonyl (C=O) groups excluding carboxylic acids is 1. The van der Waals surface area contributed by atoms with E-state index in [0.29, 0.717) is 16.5 Å². The van der Waals surface area contributed by atoms with Crippen molar-refractivity contribution < 1.29 is 4.79 Å². The molecule has 2 aromatic rings. The monoisotopic (exact) mass is 416 g/mol. The zero-order valence-corrected chi connectivity index (χ0v) is 17.4. The maximum absolute atomic E-state index is 12.8. The lowest BCUT2D eigenvalue weighted by Gasteiger charge is -2.34. The van der Waals surface area contributed by atoms with Gasteiger partial charge >= 0.3 is 0 Å².